The molecule has 1 aromatic heterocycles. The van der Waals surface area contributed by atoms with Crippen molar-refractivity contribution in [2.75, 3.05) is 13.6 Å². The van der Waals surface area contributed by atoms with Crippen LogP contribution in [-0.2, 0) is 57.6 Å². The number of likely N-dealkylation sites (N-methyl/N-ethyl adjacent to an activating group) is 1. The second-order valence-corrected chi connectivity index (χ2v) is 19.3. The Morgan fingerprint density at radius 1 is 0.694 bits per heavy atom. The number of nitrogens with zero attached hydrogens (tertiary/aromatic N) is 1. The summed E-state index contributed by atoms with van der Waals surface area (Å²) in [5, 5.41) is 48.0. The molecule has 1 saturated heterocycles. The number of benzene rings is 3. The molecular formula is C52H68N8O12. The van der Waals surface area contributed by atoms with E-state index in [0.717, 1.165) is 15.8 Å². The third-order valence-electron chi connectivity index (χ3n) is 12.2. The van der Waals surface area contributed by atoms with Crippen LogP contribution < -0.4 is 31.9 Å². The SMILES string of the molecule is C[C@@H](O)[C@@H]1NC(=O)[C@H](CCCCCNC(=O)OC(C)(C)C)NC(=O)[C@@H](Cc2c[nH]c3ccccc23)NC(=O)[C@H](Cc2ccc(O)cc2)NC(=O)[C@H]([C@@H](C)CC(=O)O)N(C)C(=O)[C@H](Cc2ccccc2)NC1=O. The smallest absolute Gasteiger partial charge is 0.407 e. The molecule has 20 heteroatoms. The summed E-state index contributed by atoms with van der Waals surface area (Å²) in [5.41, 5.74) is 1.71. The van der Waals surface area contributed by atoms with Gasteiger partial charge in [-0.05, 0) is 81.3 Å². The molecule has 72 heavy (non-hydrogen) atoms. The quantitative estimate of drug-likeness (QED) is 0.0726. The van der Waals surface area contributed by atoms with E-state index in [1.165, 1.54) is 45.2 Å². The molecule has 20 nitrogen and oxygen atoms in total. The molecule has 4 aromatic rings. The Bertz CT molecular complexity index is 2530. The van der Waals surface area contributed by atoms with E-state index in [1.807, 2.05) is 18.2 Å². The molecule has 7 amide bonds. The lowest BCUT2D eigenvalue weighted by molar-refractivity contribution is -0.147. The van der Waals surface area contributed by atoms with Crippen molar-refractivity contribution < 1.29 is 58.4 Å². The van der Waals surface area contributed by atoms with Crippen LogP contribution in [0.3, 0.4) is 0 Å². The number of hydrogen-bond acceptors (Lipinski definition) is 11. The molecule has 5 rings (SSSR count). The lowest BCUT2D eigenvalue weighted by Crippen LogP contribution is -2.64. The number of amides is 7. The summed E-state index contributed by atoms with van der Waals surface area (Å²) in [5.74, 6) is -7.66. The number of aromatic hydroxyl groups is 1. The fourth-order valence-corrected chi connectivity index (χ4v) is 8.59. The number of ether oxygens (including phenoxy) is 1. The van der Waals surface area contributed by atoms with Crippen molar-refractivity contribution in [1.82, 2.24) is 41.8 Å². The Labute approximate surface area is 418 Å². The number of aromatic amines is 1. The second kappa shape index (κ2) is 25.6. The normalized spacial score (nSPS) is 21.7. The molecule has 0 spiro atoms. The Balaban J connectivity index is 1.59. The summed E-state index contributed by atoms with van der Waals surface area (Å²) in [7, 11) is 1.27. The maximum Gasteiger partial charge on any atom is 0.407 e. The first-order valence-electron chi connectivity index (χ1n) is 24.1. The number of phenolic OH excluding ortho intramolecular Hbond substituents is 1. The molecule has 388 valence electrons. The standard InChI is InChI=1S/C52H68N8O12/c1-30(25-42(63)64)44-49(69)57-39(26-33-20-22-35(62)23-21-33)46(66)56-40(28-34-29-54-37-18-13-12-17-36(34)37)47(67)55-38(19-11-8-14-24-53-51(71)72-52(3,4)5)45(65)59-43(31(2)61)48(68)58-41(50(70)60(44)6)27-32-15-9-7-10-16-32/h7,9-10,12-13,15-18,20-23,29-31,38-41,43-44,54,61-62H,8,11,14,19,24-28H2,1-6H3,(H,53,71)(H,55,67)(H,56,66)(H,57,69)(H,58,68)(H,59,65)(H,63,64)/t30-,31+,38-,39-,40+,41-,43-,44-/m0/s1. The number of phenols is 1. The summed E-state index contributed by atoms with van der Waals surface area (Å²) >= 11 is 0. The first-order chi connectivity index (χ1) is 34.1. The maximum atomic E-state index is 14.8. The van der Waals surface area contributed by atoms with Gasteiger partial charge in [0.15, 0.2) is 0 Å². The predicted octanol–water partition coefficient (Wildman–Crippen LogP) is 2.74. The number of hydrogen-bond donors (Lipinski definition) is 10. The highest BCUT2D eigenvalue weighted by Gasteiger charge is 2.40. The van der Waals surface area contributed by atoms with E-state index in [9.17, 15) is 53.7 Å². The van der Waals surface area contributed by atoms with Crippen LogP contribution in [0, 0.1) is 5.92 Å². The molecule has 8 atom stereocenters. The zero-order chi connectivity index (χ0) is 52.7. The predicted molar refractivity (Wildman–Crippen MR) is 266 cm³/mol. The van der Waals surface area contributed by atoms with Crippen LogP contribution in [0.15, 0.2) is 85.1 Å². The number of carbonyl (C=O) groups excluding carboxylic acids is 7. The van der Waals surface area contributed by atoms with Gasteiger partial charge in [-0.15, -0.1) is 0 Å². The van der Waals surface area contributed by atoms with Crippen molar-refractivity contribution in [3.8, 4) is 5.75 Å². The van der Waals surface area contributed by atoms with Gasteiger partial charge in [0, 0.05) is 50.0 Å². The monoisotopic (exact) mass is 996 g/mol. The molecule has 0 unspecified atom stereocenters. The summed E-state index contributed by atoms with van der Waals surface area (Å²) in [6.45, 7) is 8.18. The van der Waals surface area contributed by atoms with E-state index in [1.54, 1.807) is 63.4 Å². The van der Waals surface area contributed by atoms with E-state index in [-0.39, 0.29) is 38.0 Å². The number of carboxylic acids is 1. The van der Waals surface area contributed by atoms with E-state index in [4.69, 9.17) is 4.74 Å². The van der Waals surface area contributed by atoms with Gasteiger partial charge < -0.3 is 61.8 Å². The zero-order valence-corrected chi connectivity index (χ0v) is 41.5. The number of aliphatic hydroxyl groups excluding tert-OH is 1. The highest BCUT2D eigenvalue weighted by molar-refractivity contribution is 5.99. The summed E-state index contributed by atoms with van der Waals surface area (Å²) in [6, 6.07) is 12.8. The van der Waals surface area contributed by atoms with E-state index in [2.05, 4.69) is 36.9 Å². The minimum Gasteiger partial charge on any atom is -0.508 e. The molecule has 2 heterocycles. The van der Waals surface area contributed by atoms with Gasteiger partial charge >= 0.3 is 12.1 Å². The number of H-pyrrole nitrogens is 1. The fraction of sp³-hybridized carbons (Fsp3) is 0.462. The van der Waals surface area contributed by atoms with Crippen LogP contribution in [0.2, 0.25) is 0 Å². The average Bonchev–Trinajstić information content (AvgIpc) is 3.72. The van der Waals surface area contributed by atoms with Gasteiger partial charge in [0.1, 0.15) is 47.6 Å². The summed E-state index contributed by atoms with van der Waals surface area (Å²) in [4.78, 5) is 116. The lowest BCUT2D eigenvalue weighted by Gasteiger charge is -2.35. The fourth-order valence-electron chi connectivity index (χ4n) is 8.59. The first-order valence-corrected chi connectivity index (χ1v) is 24.1. The molecule has 0 radical (unpaired) electrons. The topological polar surface area (TPSA) is 298 Å². The molecule has 0 saturated carbocycles. The zero-order valence-electron chi connectivity index (χ0n) is 41.5. The van der Waals surface area contributed by atoms with Gasteiger partial charge in [0.25, 0.3) is 0 Å². The number of aromatic nitrogens is 1. The Morgan fingerprint density at radius 3 is 1.92 bits per heavy atom. The highest BCUT2D eigenvalue weighted by Crippen LogP contribution is 2.22. The van der Waals surface area contributed by atoms with Crippen LogP contribution in [0.1, 0.15) is 83.4 Å². The van der Waals surface area contributed by atoms with Crippen LogP contribution >= 0.6 is 0 Å². The molecule has 0 bridgehead atoms. The molecular weight excluding hydrogens is 929 g/mol. The van der Waals surface area contributed by atoms with Gasteiger partial charge in [-0.1, -0.05) is 80.4 Å². The van der Waals surface area contributed by atoms with Crippen molar-refractivity contribution in [2.45, 2.75) is 134 Å². The van der Waals surface area contributed by atoms with Gasteiger partial charge in [-0.2, -0.15) is 0 Å². The van der Waals surface area contributed by atoms with Crippen molar-refractivity contribution in [3.63, 3.8) is 0 Å². The second-order valence-electron chi connectivity index (χ2n) is 19.3. The van der Waals surface area contributed by atoms with Crippen LogP contribution in [-0.4, -0.2) is 134 Å². The van der Waals surface area contributed by atoms with Gasteiger partial charge in [0.2, 0.25) is 35.4 Å². The Kier molecular flexibility index (Phi) is 19.7. The number of carbonyl (C=O) groups is 8. The molecule has 1 aliphatic heterocycles. The van der Waals surface area contributed by atoms with Gasteiger partial charge in [0.05, 0.1) is 12.5 Å². The number of fused-ring (bicyclic) bond motifs is 1. The number of carboxylic acid groups (broad SMARTS) is 1. The molecule has 0 aliphatic carbocycles. The lowest BCUT2D eigenvalue weighted by atomic mass is 9.94. The minimum atomic E-state index is -1.68. The number of nitrogens with one attached hydrogen (secondary N) is 7. The van der Waals surface area contributed by atoms with E-state index < -0.39 is 108 Å². The van der Waals surface area contributed by atoms with Crippen LogP contribution in [0.5, 0.6) is 5.75 Å². The Morgan fingerprint density at radius 2 is 1.26 bits per heavy atom. The first kappa shape index (κ1) is 55.4. The van der Waals surface area contributed by atoms with Crippen molar-refractivity contribution in [3.05, 3.63) is 102 Å². The number of para-hydroxylation sites is 1. The van der Waals surface area contributed by atoms with E-state index >= 15 is 0 Å². The number of alkyl carbamates (subject to hydrolysis) is 1. The van der Waals surface area contributed by atoms with Crippen molar-refractivity contribution in [2.24, 2.45) is 5.92 Å². The Hall–Kier alpha value is -7.48. The van der Waals surface area contributed by atoms with Crippen LogP contribution in [0.4, 0.5) is 4.79 Å². The summed E-state index contributed by atoms with van der Waals surface area (Å²) < 4.78 is 5.31. The number of aliphatic hydroxyl groups is 1. The minimum absolute atomic E-state index is 0.00126. The molecule has 1 aliphatic rings. The summed E-state index contributed by atoms with van der Waals surface area (Å²) in [6.07, 6.45) is -0.254. The molecule has 3 aromatic carbocycles. The third-order valence-corrected chi connectivity index (χ3v) is 12.2. The largest absolute Gasteiger partial charge is 0.508 e. The number of rotatable bonds is 16. The maximum absolute atomic E-state index is 14.8. The number of unbranched alkanes of at least 4 members (excludes halogenated alkanes) is 2. The average molecular weight is 997 g/mol. The highest BCUT2D eigenvalue weighted by atomic mass is 16.6. The van der Waals surface area contributed by atoms with Crippen LogP contribution in [0.25, 0.3) is 10.9 Å². The number of aliphatic carboxylic acids is 1. The van der Waals surface area contributed by atoms with Gasteiger partial charge in [-0.25, -0.2) is 4.79 Å². The van der Waals surface area contributed by atoms with E-state index in [0.29, 0.717) is 36.0 Å². The van der Waals surface area contributed by atoms with Crippen molar-refractivity contribution >= 4 is 58.4 Å². The molecule has 10 N–H and O–H groups in total. The molecule has 1 fully saturated rings. The van der Waals surface area contributed by atoms with Gasteiger partial charge in [-0.3, -0.25) is 33.6 Å². The van der Waals surface area contributed by atoms with Crippen molar-refractivity contribution in [1.29, 1.82) is 0 Å². The third kappa shape index (κ3) is 16.3.